The maximum absolute atomic E-state index is 12.3. The van der Waals surface area contributed by atoms with Crippen LogP contribution < -0.4 is 14.4 Å². The van der Waals surface area contributed by atoms with Gasteiger partial charge in [0.1, 0.15) is 11.5 Å². The summed E-state index contributed by atoms with van der Waals surface area (Å²) < 4.78 is 10.7. The molecule has 3 rings (SSSR count). The maximum atomic E-state index is 12.3. The van der Waals surface area contributed by atoms with Crippen LogP contribution in [0.1, 0.15) is 32.1 Å². The summed E-state index contributed by atoms with van der Waals surface area (Å²) in [6, 6.07) is 8.17. The zero-order chi connectivity index (χ0) is 16.8. The molecule has 24 heavy (non-hydrogen) atoms. The van der Waals surface area contributed by atoms with Crippen molar-refractivity contribution in [2.24, 2.45) is 0 Å². The van der Waals surface area contributed by atoms with Gasteiger partial charge in [0, 0.05) is 0 Å². The highest BCUT2D eigenvalue weighted by Gasteiger charge is 2.30. The minimum Gasteiger partial charge on any atom is -0.497 e. The number of quaternary nitrogens is 1. The first kappa shape index (κ1) is 17.1. The van der Waals surface area contributed by atoms with Crippen molar-refractivity contribution in [2.45, 2.75) is 38.1 Å². The van der Waals surface area contributed by atoms with Crippen molar-refractivity contribution >= 4 is 5.91 Å². The number of hydrogen-bond donors (Lipinski definition) is 1. The molecule has 1 aliphatic heterocycles. The normalized spacial score (nSPS) is 20.0. The quantitative estimate of drug-likeness (QED) is 0.879. The van der Waals surface area contributed by atoms with Crippen LogP contribution in [-0.4, -0.2) is 56.7 Å². The average Bonchev–Trinajstić information content (AvgIpc) is 2.67. The van der Waals surface area contributed by atoms with E-state index in [4.69, 9.17) is 9.47 Å². The average molecular weight is 333 g/mol. The lowest BCUT2D eigenvalue weighted by atomic mass is 9.94. The first-order valence-corrected chi connectivity index (χ1v) is 9.15. The Kier molecular flexibility index (Phi) is 5.96. The first-order valence-electron chi connectivity index (χ1n) is 9.15. The third-order valence-electron chi connectivity index (χ3n) is 5.36. The number of hydrogen-bond acceptors (Lipinski definition) is 3. The fourth-order valence-electron chi connectivity index (χ4n) is 3.87. The molecule has 1 aliphatic carbocycles. The summed E-state index contributed by atoms with van der Waals surface area (Å²) in [7, 11) is 1.63. The lowest BCUT2D eigenvalue weighted by Gasteiger charge is -2.38. The predicted molar refractivity (Wildman–Crippen MR) is 92.6 cm³/mol. The molecule has 1 aromatic rings. The minimum atomic E-state index is 0.0912. The number of methoxy groups -OCH3 is 1. The van der Waals surface area contributed by atoms with Crippen molar-refractivity contribution in [2.75, 3.05) is 39.9 Å². The fraction of sp³-hybridized carbons (Fsp3) is 0.632. The van der Waals surface area contributed by atoms with Gasteiger partial charge < -0.3 is 19.3 Å². The van der Waals surface area contributed by atoms with Gasteiger partial charge in [-0.05, 0) is 49.9 Å². The Bertz CT molecular complexity index is 518. The number of ether oxygens (including phenoxy) is 2. The van der Waals surface area contributed by atoms with E-state index in [0.29, 0.717) is 5.75 Å². The molecule has 0 radical (unpaired) electrons. The van der Waals surface area contributed by atoms with Crippen LogP contribution >= 0.6 is 0 Å². The standard InChI is InChI=1S/C19H28N2O3/c1-23-17-7-9-18(10-8-17)24-15-19(22)21-13-11-20(12-14-21)16-5-3-2-4-6-16/h7-10,16H,2-6,11-15H2,1H3/p+1. The van der Waals surface area contributed by atoms with E-state index in [2.05, 4.69) is 0 Å². The van der Waals surface area contributed by atoms with Crippen LogP contribution in [0.15, 0.2) is 24.3 Å². The van der Waals surface area contributed by atoms with Gasteiger partial charge in [0.15, 0.2) is 6.61 Å². The van der Waals surface area contributed by atoms with Gasteiger partial charge in [0.2, 0.25) is 0 Å². The summed E-state index contributed by atoms with van der Waals surface area (Å²) in [5.41, 5.74) is 0. The number of carbonyl (C=O) groups excluding carboxylic acids is 1. The molecule has 1 heterocycles. The van der Waals surface area contributed by atoms with Crippen molar-refractivity contribution in [3.05, 3.63) is 24.3 Å². The molecule has 0 spiro atoms. The molecule has 1 aromatic carbocycles. The Morgan fingerprint density at radius 2 is 1.71 bits per heavy atom. The molecule has 5 nitrogen and oxygen atoms in total. The number of piperazine rings is 1. The van der Waals surface area contributed by atoms with Gasteiger partial charge in [-0.3, -0.25) is 4.79 Å². The third kappa shape index (κ3) is 4.41. The van der Waals surface area contributed by atoms with Gasteiger partial charge in [0.25, 0.3) is 5.91 Å². The van der Waals surface area contributed by atoms with Crippen LogP contribution in [0.25, 0.3) is 0 Å². The molecule has 1 amide bonds. The second-order valence-electron chi connectivity index (χ2n) is 6.84. The molecule has 5 heteroatoms. The molecule has 132 valence electrons. The van der Waals surface area contributed by atoms with Gasteiger partial charge in [0.05, 0.1) is 39.3 Å². The van der Waals surface area contributed by atoms with Gasteiger partial charge in [-0.15, -0.1) is 0 Å². The highest BCUT2D eigenvalue weighted by Crippen LogP contribution is 2.17. The highest BCUT2D eigenvalue weighted by atomic mass is 16.5. The Morgan fingerprint density at radius 3 is 2.33 bits per heavy atom. The van der Waals surface area contributed by atoms with Crippen molar-refractivity contribution in [1.82, 2.24) is 4.90 Å². The van der Waals surface area contributed by atoms with Crippen molar-refractivity contribution in [3.8, 4) is 11.5 Å². The Morgan fingerprint density at radius 1 is 1.08 bits per heavy atom. The predicted octanol–water partition coefficient (Wildman–Crippen LogP) is 1.13. The molecule has 1 saturated heterocycles. The topological polar surface area (TPSA) is 43.2 Å². The van der Waals surface area contributed by atoms with E-state index in [1.807, 2.05) is 29.2 Å². The molecule has 0 aromatic heterocycles. The summed E-state index contributed by atoms with van der Waals surface area (Å²) in [6.07, 6.45) is 6.89. The molecule has 2 aliphatic rings. The van der Waals surface area contributed by atoms with E-state index < -0.39 is 0 Å². The summed E-state index contributed by atoms with van der Waals surface area (Å²) in [5.74, 6) is 1.58. The lowest BCUT2D eigenvalue weighted by Crippen LogP contribution is -3.18. The fourth-order valence-corrected chi connectivity index (χ4v) is 3.87. The van der Waals surface area contributed by atoms with Gasteiger partial charge >= 0.3 is 0 Å². The Hall–Kier alpha value is -1.75. The van der Waals surface area contributed by atoms with Gasteiger partial charge in [-0.2, -0.15) is 0 Å². The number of rotatable bonds is 5. The molecule has 0 unspecified atom stereocenters. The zero-order valence-corrected chi connectivity index (χ0v) is 14.6. The third-order valence-corrected chi connectivity index (χ3v) is 5.36. The summed E-state index contributed by atoms with van der Waals surface area (Å²) in [6.45, 7) is 4.00. The van der Waals surface area contributed by atoms with E-state index in [1.165, 1.54) is 32.1 Å². The Labute approximate surface area is 144 Å². The van der Waals surface area contributed by atoms with Gasteiger partial charge in [-0.1, -0.05) is 6.42 Å². The van der Waals surface area contributed by atoms with Gasteiger partial charge in [-0.25, -0.2) is 0 Å². The summed E-state index contributed by atoms with van der Waals surface area (Å²) >= 11 is 0. The monoisotopic (exact) mass is 333 g/mol. The van der Waals surface area contributed by atoms with Crippen LogP contribution in [0.2, 0.25) is 0 Å². The van der Waals surface area contributed by atoms with Crippen molar-refractivity contribution < 1.29 is 19.2 Å². The number of carbonyl (C=O) groups is 1. The van der Waals surface area contributed by atoms with Crippen molar-refractivity contribution in [1.29, 1.82) is 0 Å². The second kappa shape index (κ2) is 8.38. The lowest BCUT2D eigenvalue weighted by molar-refractivity contribution is -0.930. The minimum absolute atomic E-state index is 0.0912. The first-order chi connectivity index (χ1) is 11.8. The van der Waals surface area contributed by atoms with E-state index >= 15 is 0 Å². The van der Waals surface area contributed by atoms with Crippen LogP contribution in [0.5, 0.6) is 11.5 Å². The molecule has 0 bridgehead atoms. The molecule has 0 atom stereocenters. The van der Waals surface area contributed by atoms with Crippen LogP contribution in [0.3, 0.4) is 0 Å². The van der Waals surface area contributed by atoms with Crippen LogP contribution in [-0.2, 0) is 4.79 Å². The van der Waals surface area contributed by atoms with E-state index in [-0.39, 0.29) is 12.5 Å². The number of nitrogens with zero attached hydrogens (tertiary/aromatic N) is 1. The summed E-state index contributed by atoms with van der Waals surface area (Å²) in [4.78, 5) is 16.0. The van der Waals surface area contributed by atoms with Crippen molar-refractivity contribution in [3.63, 3.8) is 0 Å². The Balaban J connectivity index is 1.41. The molecular formula is C19H29N2O3+. The van der Waals surface area contributed by atoms with E-state index in [0.717, 1.165) is 38.0 Å². The smallest absolute Gasteiger partial charge is 0.260 e. The summed E-state index contributed by atoms with van der Waals surface area (Å²) in [5, 5.41) is 0. The molecular weight excluding hydrogens is 304 g/mol. The largest absolute Gasteiger partial charge is 0.497 e. The SMILES string of the molecule is COc1ccc(OCC(=O)N2CC[NH+](C3CCCCC3)CC2)cc1. The van der Waals surface area contributed by atoms with E-state index in [1.54, 1.807) is 12.0 Å². The zero-order valence-electron chi connectivity index (χ0n) is 14.6. The number of nitrogens with one attached hydrogen (secondary N) is 1. The molecule has 2 fully saturated rings. The second-order valence-corrected chi connectivity index (χ2v) is 6.84. The maximum Gasteiger partial charge on any atom is 0.260 e. The molecule has 1 saturated carbocycles. The van der Waals surface area contributed by atoms with Crippen LogP contribution in [0.4, 0.5) is 0 Å². The van der Waals surface area contributed by atoms with E-state index in [9.17, 15) is 4.79 Å². The molecule has 1 N–H and O–H groups in total. The number of benzene rings is 1. The number of amides is 1. The van der Waals surface area contributed by atoms with Crippen LogP contribution in [0, 0.1) is 0 Å². The highest BCUT2D eigenvalue weighted by molar-refractivity contribution is 5.77.